The SMILES string of the molecule is COc1ccc2c(c1O)C1(CC2(C)C)CC(C)(C)c2ccc(OC)c(O)c21. The lowest BCUT2D eigenvalue weighted by atomic mass is 9.72. The summed E-state index contributed by atoms with van der Waals surface area (Å²) < 4.78 is 10.8. The molecule has 2 aromatic carbocycles. The van der Waals surface area contributed by atoms with Crippen LogP contribution in [0.5, 0.6) is 23.0 Å². The minimum atomic E-state index is -0.477. The highest BCUT2D eigenvalue weighted by atomic mass is 16.5. The Labute approximate surface area is 160 Å². The third-order valence-electron chi connectivity index (χ3n) is 6.62. The molecule has 0 bridgehead atoms. The van der Waals surface area contributed by atoms with E-state index in [4.69, 9.17) is 9.47 Å². The normalized spacial score (nSPS) is 20.4. The van der Waals surface area contributed by atoms with Crippen molar-refractivity contribution in [3.63, 3.8) is 0 Å². The van der Waals surface area contributed by atoms with E-state index in [1.54, 1.807) is 14.2 Å². The van der Waals surface area contributed by atoms with Crippen molar-refractivity contribution in [3.05, 3.63) is 46.5 Å². The molecule has 0 radical (unpaired) electrons. The first-order valence-electron chi connectivity index (χ1n) is 9.41. The second-order valence-corrected chi connectivity index (χ2v) is 9.28. The van der Waals surface area contributed by atoms with Crippen LogP contribution in [0.15, 0.2) is 24.3 Å². The van der Waals surface area contributed by atoms with E-state index in [0.29, 0.717) is 11.5 Å². The summed E-state index contributed by atoms with van der Waals surface area (Å²) in [6, 6.07) is 7.79. The monoisotopic (exact) mass is 368 g/mol. The zero-order chi connectivity index (χ0) is 19.8. The van der Waals surface area contributed by atoms with Gasteiger partial charge in [0.1, 0.15) is 0 Å². The van der Waals surface area contributed by atoms with Gasteiger partial charge in [0, 0.05) is 16.5 Å². The van der Waals surface area contributed by atoms with Gasteiger partial charge < -0.3 is 19.7 Å². The summed E-state index contributed by atoms with van der Waals surface area (Å²) >= 11 is 0. The van der Waals surface area contributed by atoms with Crippen LogP contribution in [0.1, 0.15) is 62.8 Å². The minimum absolute atomic E-state index is 0.133. The van der Waals surface area contributed by atoms with E-state index >= 15 is 0 Å². The molecule has 0 aliphatic heterocycles. The molecule has 0 amide bonds. The molecule has 0 heterocycles. The number of hydrogen-bond acceptors (Lipinski definition) is 4. The quantitative estimate of drug-likeness (QED) is 0.802. The van der Waals surface area contributed by atoms with Crippen molar-refractivity contribution in [1.29, 1.82) is 0 Å². The van der Waals surface area contributed by atoms with Gasteiger partial charge in [0.15, 0.2) is 23.0 Å². The molecule has 2 N–H and O–H groups in total. The maximum atomic E-state index is 11.1. The number of aromatic hydroxyl groups is 2. The zero-order valence-electron chi connectivity index (χ0n) is 16.9. The van der Waals surface area contributed by atoms with Crippen LogP contribution in [0.25, 0.3) is 0 Å². The largest absolute Gasteiger partial charge is 0.504 e. The average molecular weight is 368 g/mol. The molecule has 0 atom stereocenters. The van der Waals surface area contributed by atoms with Crippen molar-refractivity contribution < 1.29 is 19.7 Å². The molecule has 2 aliphatic carbocycles. The summed E-state index contributed by atoms with van der Waals surface area (Å²) in [7, 11) is 3.14. The number of ether oxygens (including phenoxy) is 2. The van der Waals surface area contributed by atoms with Crippen molar-refractivity contribution in [2.75, 3.05) is 14.2 Å². The van der Waals surface area contributed by atoms with Crippen LogP contribution in [0.4, 0.5) is 0 Å². The van der Waals surface area contributed by atoms with Crippen LogP contribution >= 0.6 is 0 Å². The van der Waals surface area contributed by atoms with Gasteiger partial charge in [-0.1, -0.05) is 39.8 Å². The van der Waals surface area contributed by atoms with Gasteiger partial charge >= 0.3 is 0 Å². The van der Waals surface area contributed by atoms with Crippen LogP contribution in [0.2, 0.25) is 0 Å². The van der Waals surface area contributed by atoms with Crippen LogP contribution in [-0.2, 0) is 16.2 Å². The van der Waals surface area contributed by atoms with E-state index in [2.05, 4.69) is 39.8 Å². The molecule has 144 valence electrons. The highest BCUT2D eigenvalue weighted by Crippen LogP contribution is 2.67. The first kappa shape index (κ1) is 18.0. The topological polar surface area (TPSA) is 58.9 Å². The number of rotatable bonds is 2. The molecule has 2 aliphatic rings. The Morgan fingerprint density at radius 1 is 0.704 bits per heavy atom. The second kappa shape index (κ2) is 5.34. The van der Waals surface area contributed by atoms with Gasteiger partial charge in [-0.05, 0) is 46.9 Å². The summed E-state index contributed by atoms with van der Waals surface area (Å²) in [5, 5.41) is 22.3. The van der Waals surface area contributed by atoms with Crippen molar-refractivity contribution in [3.8, 4) is 23.0 Å². The number of hydrogen-bond donors (Lipinski definition) is 2. The second-order valence-electron chi connectivity index (χ2n) is 9.28. The molecule has 2 aromatic rings. The molecule has 0 saturated carbocycles. The highest BCUT2D eigenvalue weighted by molar-refractivity contribution is 5.70. The van der Waals surface area contributed by atoms with Crippen molar-refractivity contribution >= 4 is 0 Å². The Balaban J connectivity index is 2.12. The molecule has 4 nitrogen and oxygen atoms in total. The van der Waals surface area contributed by atoms with E-state index in [-0.39, 0.29) is 22.3 Å². The summed E-state index contributed by atoms with van der Waals surface area (Å²) in [6.45, 7) is 8.81. The standard InChI is InChI=1S/C23H28O4/c1-21(2)11-23(17-13(21)7-9-15(26-5)19(17)24)12-22(3,4)14-8-10-16(27-6)20(25)18(14)23/h7-10,24-25H,11-12H2,1-6H3. The summed E-state index contributed by atoms with van der Waals surface area (Å²) in [5.41, 5.74) is 3.27. The van der Waals surface area contributed by atoms with Crippen LogP contribution in [0, 0.1) is 0 Å². The predicted molar refractivity (Wildman–Crippen MR) is 105 cm³/mol. The third kappa shape index (κ3) is 2.16. The van der Waals surface area contributed by atoms with Crippen LogP contribution in [0.3, 0.4) is 0 Å². The van der Waals surface area contributed by atoms with Gasteiger partial charge in [0.2, 0.25) is 0 Å². The van der Waals surface area contributed by atoms with Crippen molar-refractivity contribution in [2.45, 2.75) is 56.8 Å². The number of phenolic OH excluding ortho intramolecular Hbond substituents is 2. The molecule has 0 saturated heterocycles. The molecule has 0 unspecified atom stereocenters. The van der Waals surface area contributed by atoms with Crippen LogP contribution < -0.4 is 9.47 Å². The fraction of sp³-hybridized carbons (Fsp3) is 0.478. The third-order valence-corrected chi connectivity index (χ3v) is 6.62. The van der Waals surface area contributed by atoms with Gasteiger partial charge in [-0.25, -0.2) is 0 Å². The van der Waals surface area contributed by atoms with Gasteiger partial charge in [-0.15, -0.1) is 0 Å². The molecule has 0 aromatic heterocycles. The Morgan fingerprint density at radius 3 is 1.41 bits per heavy atom. The van der Waals surface area contributed by atoms with E-state index in [1.165, 1.54) is 0 Å². The molecule has 27 heavy (non-hydrogen) atoms. The Morgan fingerprint density at radius 2 is 1.07 bits per heavy atom. The summed E-state index contributed by atoms with van der Waals surface area (Å²) in [5.74, 6) is 1.32. The summed E-state index contributed by atoms with van der Waals surface area (Å²) in [4.78, 5) is 0. The number of methoxy groups -OCH3 is 2. The lowest BCUT2D eigenvalue weighted by Crippen LogP contribution is -2.27. The molecular formula is C23H28O4. The Bertz CT molecular complexity index is 862. The Kier molecular flexibility index (Phi) is 3.56. The number of phenols is 2. The lowest BCUT2D eigenvalue weighted by Gasteiger charge is -2.31. The van der Waals surface area contributed by atoms with E-state index < -0.39 is 5.41 Å². The molecule has 1 spiro atoms. The smallest absolute Gasteiger partial charge is 0.162 e. The van der Waals surface area contributed by atoms with Gasteiger partial charge in [0.05, 0.1) is 14.2 Å². The van der Waals surface area contributed by atoms with Crippen molar-refractivity contribution in [1.82, 2.24) is 0 Å². The first-order valence-corrected chi connectivity index (χ1v) is 9.41. The molecule has 4 rings (SSSR count). The number of fused-ring (bicyclic) bond motifs is 4. The van der Waals surface area contributed by atoms with E-state index in [0.717, 1.165) is 35.1 Å². The van der Waals surface area contributed by atoms with Gasteiger partial charge in [-0.2, -0.15) is 0 Å². The lowest BCUT2D eigenvalue weighted by molar-refractivity contribution is 0.324. The fourth-order valence-electron chi connectivity index (χ4n) is 5.81. The predicted octanol–water partition coefficient (Wildman–Crippen LogP) is 4.76. The summed E-state index contributed by atoms with van der Waals surface area (Å²) in [6.07, 6.45) is 1.63. The van der Waals surface area contributed by atoms with E-state index in [1.807, 2.05) is 12.1 Å². The fourth-order valence-corrected chi connectivity index (χ4v) is 5.81. The highest BCUT2D eigenvalue weighted by Gasteiger charge is 2.59. The molecule has 0 fully saturated rings. The Hall–Kier alpha value is -2.36. The van der Waals surface area contributed by atoms with Crippen LogP contribution in [-0.4, -0.2) is 24.4 Å². The van der Waals surface area contributed by atoms with E-state index in [9.17, 15) is 10.2 Å². The molecule has 4 heteroatoms. The average Bonchev–Trinajstić information content (AvgIpc) is 2.95. The minimum Gasteiger partial charge on any atom is -0.504 e. The maximum absolute atomic E-state index is 11.1. The first-order chi connectivity index (χ1) is 12.6. The van der Waals surface area contributed by atoms with Gasteiger partial charge in [0.25, 0.3) is 0 Å². The van der Waals surface area contributed by atoms with Gasteiger partial charge in [-0.3, -0.25) is 0 Å². The maximum Gasteiger partial charge on any atom is 0.162 e. The molecular weight excluding hydrogens is 340 g/mol. The zero-order valence-corrected chi connectivity index (χ0v) is 16.9. The number of benzene rings is 2. The van der Waals surface area contributed by atoms with Crippen molar-refractivity contribution in [2.24, 2.45) is 0 Å².